The van der Waals surface area contributed by atoms with Crippen LogP contribution in [0.3, 0.4) is 0 Å². The number of hydrogen-bond donors (Lipinski definition) is 9. The Labute approximate surface area is 155 Å². The summed E-state index contributed by atoms with van der Waals surface area (Å²) >= 11 is 0. The molecule has 0 aromatic carbocycles. The summed E-state index contributed by atoms with van der Waals surface area (Å²) < 4.78 is 9.28. The molecule has 2 aliphatic heterocycles. The van der Waals surface area contributed by atoms with Crippen LogP contribution in [0, 0.1) is 0 Å². The minimum absolute atomic E-state index is 0.0162. The maximum atomic E-state index is 9.68. The summed E-state index contributed by atoms with van der Waals surface area (Å²) in [5.41, 5.74) is 0. The first-order chi connectivity index (χ1) is 12.7. The van der Waals surface area contributed by atoms with Crippen molar-refractivity contribution in [2.45, 2.75) is 68.5 Å². The molecular weight excluding hydrogens is 372 g/mol. The molecule has 8 atom stereocenters. The zero-order valence-electron chi connectivity index (χ0n) is 14.7. The lowest BCUT2D eigenvalue weighted by molar-refractivity contribution is -0.193. The molecule has 0 radical (unpaired) electrons. The largest absolute Gasteiger partial charge is 0.394 e. The molecule has 27 heavy (non-hydrogen) atoms. The topological polar surface area (TPSA) is 218 Å². The SMILES string of the molecule is O=CCC(O)C(O)CO.OC1C[C@@H](O)[C@@H](O)CO1.OC[C@@H]1OC(O)C[C@H]1O. The average molecular weight is 402 g/mol. The highest BCUT2D eigenvalue weighted by Crippen LogP contribution is 2.17. The molecule has 162 valence electrons. The van der Waals surface area contributed by atoms with Gasteiger partial charge in [0.25, 0.3) is 0 Å². The minimum atomic E-state index is -1.20. The lowest BCUT2D eigenvalue weighted by atomic mass is 10.1. The molecule has 2 fully saturated rings. The van der Waals surface area contributed by atoms with E-state index in [2.05, 4.69) is 9.47 Å². The van der Waals surface area contributed by atoms with E-state index >= 15 is 0 Å². The Morgan fingerprint density at radius 1 is 0.889 bits per heavy atom. The Bertz CT molecular complexity index is 382. The number of aldehydes is 1. The number of carbonyl (C=O) groups excluding carboxylic acids is 1. The van der Waals surface area contributed by atoms with Crippen LogP contribution in [0.25, 0.3) is 0 Å². The monoisotopic (exact) mass is 402 g/mol. The molecule has 2 aliphatic rings. The lowest BCUT2D eigenvalue weighted by Gasteiger charge is -2.26. The van der Waals surface area contributed by atoms with Crippen molar-refractivity contribution in [2.75, 3.05) is 19.8 Å². The highest BCUT2D eigenvalue weighted by Gasteiger charge is 2.31. The van der Waals surface area contributed by atoms with E-state index in [1.165, 1.54) is 0 Å². The van der Waals surface area contributed by atoms with Crippen molar-refractivity contribution in [3.63, 3.8) is 0 Å². The molecule has 12 heteroatoms. The van der Waals surface area contributed by atoms with Gasteiger partial charge in [0.15, 0.2) is 12.6 Å². The first-order valence-electron chi connectivity index (χ1n) is 8.35. The molecule has 4 unspecified atom stereocenters. The second kappa shape index (κ2) is 14.3. The summed E-state index contributed by atoms with van der Waals surface area (Å²) in [6.07, 6.45) is -6.49. The zero-order valence-corrected chi connectivity index (χ0v) is 14.7. The normalized spacial score (nSPS) is 35.1. The first-order valence-corrected chi connectivity index (χ1v) is 8.35. The maximum absolute atomic E-state index is 9.68. The van der Waals surface area contributed by atoms with Crippen molar-refractivity contribution in [1.82, 2.24) is 0 Å². The van der Waals surface area contributed by atoms with Gasteiger partial charge in [0.05, 0.1) is 38.1 Å². The van der Waals surface area contributed by atoms with Gasteiger partial charge < -0.3 is 60.2 Å². The standard InChI is InChI=1S/3C5H10O4/c6-3-1-5(8)9-2-4(3)7;6-2-4-3(7)1-5(8)9-4;6-2-1-4(8)5(9)3-7/h2*3-8H,1-2H2;2,4-5,7-9H,1,3H2/t2*3-,4+,5?;/m11./s1. The van der Waals surface area contributed by atoms with Gasteiger partial charge in [-0.2, -0.15) is 0 Å². The fraction of sp³-hybridized carbons (Fsp3) is 0.933. The Morgan fingerprint density at radius 3 is 1.81 bits per heavy atom. The third-order valence-corrected chi connectivity index (χ3v) is 3.70. The van der Waals surface area contributed by atoms with Crippen LogP contribution < -0.4 is 0 Å². The Morgan fingerprint density at radius 2 is 1.48 bits per heavy atom. The quantitative estimate of drug-likeness (QED) is 0.198. The van der Waals surface area contributed by atoms with Crippen molar-refractivity contribution in [3.05, 3.63) is 0 Å². The highest BCUT2D eigenvalue weighted by molar-refractivity contribution is 5.50. The molecule has 2 saturated heterocycles. The van der Waals surface area contributed by atoms with Crippen LogP contribution in [0.2, 0.25) is 0 Å². The van der Waals surface area contributed by atoms with Crippen LogP contribution in [0.15, 0.2) is 0 Å². The van der Waals surface area contributed by atoms with Crippen molar-refractivity contribution >= 4 is 6.29 Å². The molecule has 0 aromatic rings. The van der Waals surface area contributed by atoms with Crippen LogP contribution in [0.1, 0.15) is 19.3 Å². The van der Waals surface area contributed by atoms with E-state index in [1.807, 2.05) is 0 Å². The molecule has 2 heterocycles. The van der Waals surface area contributed by atoms with E-state index in [-0.39, 0.29) is 32.5 Å². The number of rotatable bonds is 5. The van der Waals surface area contributed by atoms with Gasteiger partial charge in [0, 0.05) is 19.3 Å². The molecule has 0 amide bonds. The van der Waals surface area contributed by atoms with Crippen molar-refractivity contribution in [1.29, 1.82) is 0 Å². The first kappa shape index (κ1) is 26.2. The van der Waals surface area contributed by atoms with Gasteiger partial charge in [0.1, 0.15) is 24.6 Å². The lowest BCUT2D eigenvalue weighted by Crippen LogP contribution is -2.40. The van der Waals surface area contributed by atoms with E-state index in [9.17, 15) is 4.79 Å². The fourth-order valence-corrected chi connectivity index (χ4v) is 2.00. The van der Waals surface area contributed by atoms with Gasteiger partial charge in [0.2, 0.25) is 0 Å². The molecule has 0 aromatic heterocycles. The second-order valence-corrected chi connectivity index (χ2v) is 5.99. The molecule has 0 spiro atoms. The zero-order chi connectivity index (χ0) is 21.0. The fourth-order valence-electron chi connectivity index (χ4n) is 2.00. The molecule has 12 nitrogen and oxygen atoms in total. The van der Waals surface area contributed by atoms with E-state index in [0.29, 0.717) is 6.29 Å². The molecule has 0 aliphatic carbocycles. The van der Waals surface area contributed by atoms with Crippen LogP contribution in [-0.2, 0) is 14.3 Å². The summed E-state index contributed by atoms with van der Waals surface area (Å²) in [7, 11) is 0. The predicted octanol–water partition coefficient (Wildman–Crippen LogP) is -4.82. The van der Waals surface area contributed by atoms with Gasteiger partial charge in [-0.1, -0.05) is 0 Å². The smallest absolute Gasteiger partial charge is 0.157 e. The maximum Gasteiger partial charge on any atom is 0.157 e. The summed E-state index contributed by atoms with van der Waals surface area (Å²) in [5.74, 6) is 0. The summed E-state index contributed by atoms with van der Waals surface area (Å²) in [5, 5.41) is 77.9. The average Bonchev–Trinajstić information content (AvgIpc) is 2.96. The van der Waals surface area contributed by atoms with E-state index in [1.54, 1.807) is 0 Å². The third-order valence-electron chi connectivity index (χ3n) is 3.70. The van der Waals surface area contributed by atoms with Crippen molar-refractivity contribution < 1.29 is 60.2 Å². The van der Waals surface area contributed by atoms with Gasteiger partial charge in [-0.25, -0.2) is 0 Å². The number of aliphatic hydroxyl groups is 9. The van der Waals surface area contributed by atoms with Crippen LogP contribution in [0.4, 0.5) is 0 Å². The summed E-state index contributed by atoms with van der Waals surface area (Å²) in [6.45, 7) is -0.741. The number of hydrogen-bond acceptors (Lipinski definition) is 12. The van der Waals surface area contributed by atoms with Gasteiger partial charge in [-0.15, -0.1) is 0 Å². The van der Waals surface area contributed by atoms with Crippen LogP contribution in [0.5, 0.6) is 0 Å². The highest BCUT2D eigenvalue weighted by atomic mass is 16.6. The predicted molar refractivity (Wildman–Crippen MR) is 87.0 cm³/mol. The molecule has 0 saturated carbocycles. The third kappa shape index (κ3) is 11.0. The molecular formula is C15H30O12. The van der Waals surface area contributed by atoms with Gasteiger partial charge >= 0.3 is 0 Å². The van der Waals surface area contributed by atoms with Crippen LogP contribution in [-0.4, -0.2) is 121 Å². The molecule has 9 N–H and O–H groups in total. The van der Waals surface area contributed by atoms with Gasteiger partial charge in [-0.05, 0) is 0 Å². The summed E-state index contributed by atoms with van der Waals surface area (Å²) in [6, 6.07) is 0. The second-order valence-electron chi connectivity index (χ2n) is 5.99. The Balaban J connectivity index is 0.000000376. The van der Waals surface area contributed by atoms with E-state index in [0.717, 1.165) is 0 Å². The van der Waals surface area contributed by atoms with Crippen molar-refractivity contribution in [2.24, 2.45) is 0 Å². The van der Waals surface area contributed by atoms with E-state index < -0.39 is 55.8 Å². The number of aliphatic hydroxyl groups excluding tert-OH is 9. The molecule has 0 bridgehead atoms. The summed E-state index contributed by atoms with van der Waals surface area (Å²) in [4.78, 5) is 9.68. The number of ether oxygens (including phenoxy) is 2. The number of carbonyl (C=O) groups is 1. The van der Waals surface area contributed by atoms with Gasteiger partial charge in [-0.3, -0.25) is 0 Å². The Hall–Kier alpha value is -0.770. The van der Waals surface area contributed by atoms with Crippen molar-refractivity contribution in [3.8, 4) is 0 Å². The minimum Gasteiger partial charge on any atom is -0.394 e. The Kier molecular flexibility index (Phi) is 13.9. The molecule has 2 rings (SSSR count). The van der Waals surface area contributed by atoms with Crippen LogP contribution >= 0.6 is 0 Å². The van der Waals surface area contributed by atoms with E-state index in [4.69, 9.17) is 46.0 Å².